The molecule has 1 N–H and O–H groups in total. The largest absolute Gasteiger partial charge is 0.495 e. The van der Waals surface area contributed by atoms with Crippen molar-refractivity contribution in [3.8, 4) is 5.75 Å². The van der Waals surface area contributed by atoms with E-state index in [1.54, 1.807) is 41.2 Å². The first-order valence-electron chi connectivity index (χ1n) is 8.02. The SMILES string of the molecule is COc1ccc(Cl)cc1Nc1cc(C(=O)N2CCN(C=O)CC2)ncn1. The van der Waals surface area contributed by atoms with Crippen LogP contribution in [0, 0.1) is 0 Å². The van der Waals surface area contributed by atoms with Gasteiger partial charge >= 0.3 is 0 Å². The van der Waals surface area contributed by atoms with Crippen LogP contribution in [0.2, 0.25) is 5.02 Å². The van der Waals surface area contributed by atoms with Gasteiger partial charge < -0.3 is 19.9 Å². The minimum atomic E-state index is -0.195. The van der Waals surface area contributed by atoms with Crippen molar-refractivity contribution in [1.82, 2.24) is 19.8 Å². The molecule has 1 saturated heterocycles. The normalized spacial score (nSPS) is 14.1. The molecule has 1 aliphatic heterocycles. The Hall–Kier alpha value is -2.87. The van der Waals surface area contributed by atoms with Crippen LogP contribution in [-0.4, -0.2) is 65.4 Å². The third kappa shape index (κ3) is 4.02. The second kappa shape index (κ2) is 8.01. The summed E-state index contributed by atoms with van der Waals surface area (Å²) in [6.07, 6.45) is 2.13. The number of hydrogen-bond acceptors (Lipinski definition) is 6. The monoisotopic (exact) mass is 375 g/mol. The van der Waals surface area contributed by atoms with Gasteiger partial charge in [0.15, 0.2) is 0 Å². The van der Waals surface area contributed by atoms with Crippen molar-refractivity contribution in [2.24, 2.45) is 0 Å². The Morgan fingerprint density at radius 1 is 1.23 bits per heavy atom. The number of piperazine rings is 1. The van der Waals surface area contributed by atoms with Gasteiger partial charge in [0.1, 0.15) is 23.6 Å². The summed E-state index contributed by atoms with van der Waals surface area (Å²) in [6.45, 7) is 2.00. The Balaban J connectivity index is 1.75. The van der Waals surface area contributed by atoms with E-state index >= 15 is 0 Å². The van der Waals surface area contributed by atoms with Gasteiger partial charge in [0.25, 0.3) is 5.91 Å². The minimum absolute atomic E-state index is 0.195. The fraction of sp³-hybridized carbons (Fsp3) is 0.294. The molecule has 0 spiro atoms. The number of carbonyl (C=O) groups is 2. The van der Waals surface area contributed by atoms with E-state index in [-0.39, 0.29) is 11.6 Å². The molecule has 1 aliphatic rings. The molecule has 8 nitrogen and oxygen atoms in total. The third-order valence-corrected chi connectivity index (χ3v) is 4.30. The van der Waals surface area contributed by atoms with Gasteiger partial charge in [-0.05, 0) is 18.2 Å². The van der Waals surface area contributed by atoms with Crippen molar-refractivity contribution in [1.29, 1.82) is 0 Å². The van der Waals surface area contributed by atoms with E-state index in [1.807, 2.05) is 0 Å². The van der Waals surface area contributed by atoms with E-state index in [9.17, 15) is 9.59 Å². The van der Waals surface area contributed by atoms with E-state index < -0.39 is 0 Å². The van der Waals surface area contributed by atoms with E-state index in [4.69, 9.17) is 16.3 Å². The van der Waals surface area contributed by atoms with Crippen LogP contribution in [0.15, 0.2) is 30.6 Å². The number of nitrogens with one attached hydrogen (secondary N) is 1. The average molecular weight is 376 g/mol. The second-order valence-electron chi connectivity index (χ2n) is 5.69. The van der Waals surface area contributed by atoms with Gasteiger partial charge in [-0.25, -0.2) is 9.97 Å². The maximum absolute atomic E-state index is 12.6. The van der Waals surface area contributed by atoms with Crippen molar-refractivity contribution in [2.75, 3.05) is 38.6 Å². The number of rotatable bonds is 5. The zero-order valence-electron chi connectivity index (χ0n) is 14.2. The smallest absolute Gasteiger partial charge is 0.272 e. The number of benzene rings is 1. The summed E-state index contributed by atoms with van der Waals surface area (Å²) >= 11 is 6.03. The topological polar surface area (TPSA) is 87.7 Å². The van der Waals surface area contributed by atoms with Gasteiger partial charge in [-0.15, -0.1) is 0 Å². The lowest BCUT2D eigenvalue weighted by molar-refractivity contribution is -0.119. The highest BCUT2D eigenvalue weighted by Gasteiger charge is 2.22. The molecule has 0 bridgehead atoms. The summed E-state index contributed by atoms with van der Waals surface area (Å²) in [7, 11) is 1.56. The van der Waals surface area contributed by atoms with Gasteiger partial charge in [0, 0.05) is 37.3 Å². The van der Waals surface area contributed by atoms with Crippen molar-refractivity contribution < 1.29 is 14.3 Å². The number of anilines is 2. The second-order valence-corrected chi connectivity index (χ2v) is 6.13. The molecule has 0 radical (unpaired) electrons. The van der Waals surface area contributed by atoms with Crippen molar-refractivity contribution in [3.63, 3.8) is 0 Å². The van der Waals surface area contributed by atoms with E-state index in [1.165, 1.54) is 6.33 Å². The Morgan fingerprint density at radius 2 is 2.00 bits per heavy atom. The number of carbonyl (C=O) groups excluding carboxylic acids is 2. The first-order valence-corrected chi connectivity index (χ1v) is 8.39. The number of ether oxygens (including phenoxy) is 1. The molecular weight excluding hydrogens is 358 g/mol. The highest BCUT2D eigenvalue weighted by atomic mass is 35.5. The Bertz CT molecular complexity index is 809. The van der Waals surface area contributed by atoms with Crippen LogP contribution in [0.1, 0.15) is 10.5 Å². The highest BCUT2D eigenvalue weighted by molar-refractivity contribution is 6.31. The average Bonchev–Trinajstić information content (AvgIpc) is 2.68. The summed E-state index contributed by atoms with van der Waals surface area (Å²) in [5.41, 5.74) is 0.916. The predicted octanol–water partition coefficient (Wildman–Crippen LogP) is 1.80. The van der Waals surface area contributed by atoms with Gasteiger partial charge in [-0.1, -0.05) is 11.6 Å². The molecular formula is C17H18ClN5O3. The summed E-state index contributed by atoms with van der Waals surface area (Å²) in [4.78, 5) is 34.9. The lowest BCUT2D eigenvalue weighted by atomic mass is 10.2. The first kappa shape index (κ1) is 17.9. The molecule has 0 saturated carbocycles. The van der Waals surface area contributed by atoms with E-state index in [2.05, 4.69) is 15.3 Å². The van der Waals surface area contributed by atoms with Crippen LogP contribution in [0.3, 0.4) is 0 Å². The zero-order valence-corrected chi connectivity index (χ0v) is 14.9. The molecule has 0 atom stereocenters. The molecule has 2 amide bonds. The maximum atomic E-state index is 12.6. The maximum Gasteiger partial charge on any atom is 0.272 e. The molecule has 1 fully saturated rings. The van der Waals surface area contributed by atoms with Gasteiger partial charge in [0.05, 0.1) is 12.8 Å². The highest BCUT2D eigenvalue weighted by Crippen LogP contribution is 2.30. The number of hydrogen-bond donors (Lipinski definition) is 1. The quantitative estimate of drug-likeness (QED) is 0.802. The number of aromatic nitrogens is 2. The molecule has 2 heterocycles. The molecule has 0 unspecified atom stereocenters. The van der Waals surface area contributed by atoms with Gasteiger partial charge in [0.2, 0.25) is 6.41 Å². The minimum Gasteiger partial charge on any atom is -0.495 e. The van der Waals surface area contributed by atoms with Gasteiger partial charge in [-0.3, -0.25) is 9.59 Å². The van der Waals surface area contributed by atoms with Crippen LogP contribution in [0.25, 0.3) is 0 Å². The van der Waals surface area contributed by atoms with Crippen molar-refractivity contribution in [3.05, 3.63) is 41.3 Å². The first-order chi connectivity index (χ1) is 12.6. The lowest BCUT2D eigenvalue weighted by Gasteiger charge is -2.32. The molecule has 1 aromatic heterocycles. The molecule has 136 valence electrons. The Labute approximate surface area is 155 Å². The summed E-state index contributed by atoms with van der Waals surface area (Å²) < 4.78 is 5.29. The summed E-state index contributed by atoms with van der Waals surface area (Å²) in [5, 5.41) is 3.64. The Morgan fingerprint density at radius 3 is 2.69 bits per heavy atom. The van der Waals surface area contributed by atoms with E-state index in [0.29, 0.717) is 48.5 Å². The molecule has 9 heteroatoms. The number of methoxy groups -OCH3 is 1. The van der Waals surface area contributed by atoms with E-state index in [0.717, 1.165) is 6.41 Å². The van der Waals surface area contributed by atoms with Crippen molar-refractivity contribution >= 4 is 35.4 Å². The van der Waals surface area contributed by atoms with Crippen LogP contribution in [0.4, 0.5) is 11.5 Å². The Kier molecular flexibility index (Phi) is 5.52. The van der Waals surface area contributed by atoms with Crippen LogP contribution in [-0.2, 0) is 4.79 Å². The third-order valence-electron chi connectivity index (χ3n) is 4.06. The van der Waals surface area contributed by atoms with Crippen LogP contribution >= 0.6 is 11.6 Å². The fourth-order valence-corrected chi connectivity index (χ4v) is 2.82. The standard InChI is InChI=1S/C17H18ClN5O3/c1-26-15-3-2-12(18)8-13(15)21-16-9-14(19-10-20-16)17(25)23-6-4-22(11-24)5-7-23/h2-3,8-11H,4-7H2,1H3,(H,19,20,21). The number of amides is 2. The summed E-state index contributed by atoms with van der Waals surface area (Å²) in [6, 6.07) is 6.75. The van der Waals surface area contributed by atoms with Crippen molar-refractivity contribution in [2.45, 2.75) is 0 Å². The number of halogens is 1. The van der Waals surface area contributed by atoms with Gasteiger partial charge in [-0.2, -0.15) is 0 Å². The molecule has 26 heavy (non-hydrogen) atoms. The molecule has 0 aliphatic carbocycles. The molecule has 2 aromatic rings. The zero-order chi connectivity index (χ0) is 18.5. The lowest BCUT2D eigenvalue weighted by Crippen LogP contribution is -2.48. The van der Waals surface area contributed by atoms with Crippen LogP contribution < -0.4 is 10.1 Å². The number of nitrogens with zero attached hydrogens (tertiary/aromatic N) is 4. The van der Waals surface area contributed by atoms with Crippen LogP contribution in [0.5, 0.6) is 5.75 Å². The predicted molar refractivity (Wildman–Crippen MR) is 96.9 cm³/mol. The fourth-order valence-electron chi connectivity index (χ4n) is 2.65. The molecule has 1 aromatic carbocycles. The summed E-state index contributed by atoms with van der Waals surface area (Å²) in [5.74, 6) is 0.861. The molecule has 3 rings (SSSR count).